The van der Waals surface area contributed by atoms with Crippen molar-refractivity contribution in [2.24, 2.45) is 0 Å². The molecule has 0 radical (unpaired) electrons. The molecule has 4 rings (SSSR count). The molecule has 3 atom stereocenters. The minimum Gasteiger partial charge on any atom is -0.504 e. The molecule has 4 heteroatoms. The topological polar surface area (TPSA) is 52.9 Å². The van der Waals surface area contributed by atoms with Crippen molar-refractivity contribution in [2.75, 3.05) is 13.7 Å². The molecule has 1 fully saturated rings. The zero-order valence-electron chi connectivity index (χ0n) is 11.5. The minimum absolute atomic E-state index is 0.107. The summed E-state index contributed by atoms with van der Waals surface area (Å²) in [6, 6.07) is 4.05. The number of hydrogen-bond acceptors (Lipinski definition) is 4. The maximum Gasteiger partial charge on any atom is 0.160 e. The van der Waals surface area contributed by atoms with Gasteiger partial charge in [-0.1, -0.05) is 11.6 Å². The normalized spacial score (nSPS) is 31.5. The van der Waals surface area contributed by atoms with Gasteiger partial charge in [0.2, 0.25) is 0 Å². The molecule has 1 aliphatic carbocycles. The number of fused-ring (bicyclic) bond motifs is 2. The number of phenols is 1. The monoisotopic (exact) mass is 273 g/mol. The number of hydrogen-bond donors (Lipinski definition) is 2. The predicted octanol–water partition coefficient (Wildman–Crippen LogP) is 1.76. The Morgan fingerprint density at radius 3 is 3.00 bits per heavy atom. The van der Waals surface area contributed by atoms with E-state index >= 15 is 0 Å². The van der Waals surface area contributed by atoms with Crippen LogP contribution in [0.25, 0.3) is 0 Å². The van der Waals surface area contributed by atoms with Gasteiger partial charge in [-0.15, -0.1) is 0 Å². The van der Waals surface area contributed by atoms with Crippen LogP contribution in [0.15, 0.2) is 23.8 Å². The van der Waals surface area contributed by atoms with Gasteiger partial charge in [0, 0.05) is 25.0 Å². The number of aliphatic hydroxyl groups is 1. The molecule has 3 aliphatic rings. The summed E-state index contributed by atoms with van der Waals surface area (Å²) in [5, 5.41) is 20.5. The number of aromatic hydroxyl groups is 1. The first-order valence-corrected chi connectivity index (χ1v) is 7.20. The van der Waals surface area contributed by atoms with Gasteiger partial charge in [-0.05, 0) is 36.1 Å². The number of rotatable bonds is 1. The maximum atomic E-state index is 10.5. The molecule has 1 saturated heterocycles. The van der Waals surface area contributed by atoms with E-state index in [0.717, 1.165) is 37.1 Å². The van der Waals surface area contributed by atoms with Crippen molar-refractivity contribution in [3.05, 3.63) is 34.9 Å². The molecule has 4 nitrogen and oxygen atoms in total. The van der Waals surface area contributed by atoms with Gasteiger partial charge < -0.3 is 14.9 Å². The lowest BCUT2D eigenvalue weighted by molar-refractivity contribution is 0.0828. The highest BCUT2D eigenvalue weighted by molar-refractivity contribution is 5.51. The molecular weight excluding hydrogens is 254 g/mol. The summed E-state index contributed by atoms with van der Waals surface area (Å²) < 4.78 is 5.24. The first-order valence-electron chi connectivity index (χ1n) is 7.20. The van der Waals surface area contributed by atoms with Crippen molar-refractivity contribution in [3.8, 4) is 11.5 Å². The Morgan fingerprint density at radius 1 is 1.35 bits per heavy atom. The quantitative estimate of drug-likeness (QED) is 0.766. The highest BCUT2D eigenvalue weighted by Gasteiger charge is 2.45. The first kappa shape index (κ1) is 12.2. The second kappa shape index (κ2) is 4.24. The van der Waals surface area contributed by atoms with Crippen LogP contribution in [-0.4, -0.2) is 40.9 Å². The molecule has 0 saturated carbocycles. The Bertz CT molecular complexity index is 596. The average Bonchev–Trinajstić information content (AvgIpc) is 2.84. The highest BCUT2D eigenvalue weighted by atomic mass is 16.5. The van der Waals surface area contributed by atoms with Crippen molar-refractivity contribution in [1.82, 2.24) is 4.90 Å². The standard InChI is InChI=1S/C16H19NO3/c1-20-14-7-11-10(6-13(14)19)8-17-5-4-9-2-3-12(18)15(11)16(9)17/h2,6-7,12,15-16,18-19H,3-5,8H2,1H3/t12-,15-,16-/m1/s1. The summed E-state index contributed by atoms with van der Waals surface area (Å²) in [7, 11) is 1.56. The maximum absolute atomic E-state index is 10.5. The van der Waals surface area contributed by atoms with Gasteiger partial charge >= 0.3 is 0 Å². The number of aliphatic hydroxyl groups excluding tert-OH is 1. The Labute approximate surface area is 118 Å². The van der Waals surface area contributed by atoms with E-state index in [1.165, 1.54) is 5.57 Å². The molecule has 1 aromatic carbocycles. The summed E-state index contributed by atoms with van der Waals surface area (Å²) in [5.74, 6) is 0.791. The number of ether oxygens (including phenoxy) is 1. The molecule has 2 N–H and O–H groups in total. The fourth-order valence-electron chi connectivity index (χ4n) is 4.12. The van der Waals surface area contributed by atoms with E-state index in [1.807, 2.05) is 6.07 Å². The van der Waals surface area contributed by atoms with E-state index in [0.29, 0.717) is 11.8 Å². The second-order valence-electron chi connectivity index (χ2n) is 6.00. The average molecular weight is 273 g/mol. The van der Waals surface area contributed by atoms with Crippen molar-refractivity contribution in [1.29, 1.82) is 0 Å². The van der Waals surface area contributed by atoms with Gasteiger partial charge in [-0.25, -0.2) is 0 Å². The van der Waals surface area contributed by atoms with Crippen molar-refractivity contribution < 1.29 is 14.9 Å². The minimum atomic E-state index is -0.349. The smallest absolute Gasteiger partial charge is 0.160 e. The van der Waals surface area contributed by atoms with Crippen molar-refractivity contribution in [2.45, 2.75) is 37.5 Å². The van der Waals surface area contributed by atoms with Crippen LogP contribution in [-0.2, 0) is 6.54 Å². The number of benzene rings is 1. The summed E-state index contributed by atoms with van der Waals surface area (Å²) >= 11 is 0. The van der Waals surface area contributed by atoms with Gasteiger partial charge in [0.1, 0.15) is 0 Å². The van der Waals surface area contributed by atoms with Crippen LogP contribution in [0, 0.1) is 0 Å². The van der Waals surface area contributed by atoms with Crippen LogP contribution in [0.3, 0.4) is 0 Å². The Kier molecular flexibility index (Phi) is 2.59. The summed E-state index contributed by atoms with van der Waals surface area (Å²) in [5.41, 5.74) is 3.73. The van der Waals surface area contributed by atoms with Crippen LogP contribution in [0.5, 0.6) is 11.5 Å². The SMILES string of the molecule is COc1cc2c(cc1O)CN1CCC3=CC[C@@H](O)[C@@H]2[C@@H]31. The van der Waals surface area contributed by atoms with E-state index in [2.05, 4.69) is 11.0 Å². The fourth-order valence-corrected chi connectivity index (χ4v) is 4.12. The lowest BCUT2D eigenvalue weighted by atomic mass is 9.74. The third-order valence-corrected chi connectivity index (χ3v) is 5.01. The zero-order valence-corrected chi connectivity index (χ0v) is 11.5. The van der Waals surface area contributed by atoms with E-state index < -0.39 is 0 Å². The largest absolute Gasteiger partial charge is 0.504 e. The van der Waals surface area contributed by atoms with Gasteiger partial charge in [0.15, 0.2) is 11.5 Å². The summed E-state index contributed by atoms with van der Waals surface area (Å²) in [4.78, 5) is 2.42. The Morgan fingerprint density at radius 2 is 2.20 bits per heavy atom. The number of methoxy groups -OCH3 is 1. The second-order valence-corrected chi connectivity index (χ2v) is 6.00. The molecule has 0 unspecified atom stereocenters. The molecule has 0 aromatic heterocycles. The molecule has 20 heavy (non-hydrogen) atoms. The highest BCUT2D eigenvalue weighted by Crippen LogP contribution is 2.48. The van der Waals surface area contributed by atoms with Crippen LogP contribution < -0.4 is 4.74 Å². The summed E-state index contributed by atoms with van der Waals surface area (Å²) in [6.45, 7) is 1.89. The molecule has 0 amide bonds. The van der Waals surface area contributed by atoms with Crippen LogP contribution in [0.1, 0.15) is 29.9 Å². The third-order valence-electron chi connectivity index (χ3n) is 5.01. The van der Waals surface area contributed by atoms with Gasteiger partial charge in [0.25, 0.3) is 0 Å². The first-order chi connectivity index (χ1) is 9.69. The van der Waals surface area contributed by atoms with Gasteiger partial charge in [-0.2, -0.15) is 0 Å². The molecule has 1 aromatic rings. The lowest BCUT2D eigenvalue weighted by Gasteiger charge is -2.43. The van der Waals surface area contributed by atoms with Crippen LogP contribution in [0.4, 0.5) is 0 Å². The van der Waals surface area contributed by atoms with Gasteiger partial charge in [-0.3, -0.25) is 4.90 Å². The molecular formula is C16H19NO3. The van der Waals surface area contributed by atoms with E-state index in [1.54, 1.807) is 13.2 Å². The molecule has 0 spiro atoms. The molecule has 2 heterocycles. The predicted molar refractivity (Wildman–Crippen MR) is 74.9 cm³/mol. The zero-order chi connectivity index (χ0) is 13.9. The van der Waals surface area contributed by atoms with Crippen LogP contribution in [0.2, 0.25) is 0 Å². The molecule has 106 valence electrons. The Hall–Kier alpha value is -1.52. The van der Waals surface area contributed by atoms with Gasteiger partial charge in [0.05, 0.1) is 13.2 Å². The van der Waals surface area contributed by atoms with Crippen molar-refractivity contribution in [3.63, 3.8) is 0 Å². The third kappa shape index (κ3) is 1.55. The number of nitrogens with zero attached hydrogens (tertiary/aromatic N) is 1. The lowest BCUT2D eigenvalue weighted by Crippen LogP contribution is -2.45. The molecule has 0 bridgehead atoms. The number of phenolic OH excluding ortho intramolecular Hbond substituents is 1. The Balaban J connectivity index is 1.88. The van der Waals surface area contributed by atoms with E-state index in [4.69, 9.17) is 4.74 Å². The molecule has 2 aliphatic heterocycles. The summed E-state index contributed by atoms with van der Waals surface area (Å²) in [6.07, 6.45) is 3.70. The van der Waals surface area contributed by atoms with E-state index in [9.17, 15) is 10.2 Å². The van der Waals surface area contributed by atoms with E-state index in [-0.39, 0.29) is 17.8 Å². The van der Waals surface area contributed by atoms with Crippen LogP contribution >= 0.6 is 0 Å². The fraction of sp³-hybridized carbons (Fsp3) is 0.500. The van der Waals surface area contributed by atoms with Crippen molar-refractivity contribution >= 4 is 0 Å².